The summed E-state index contributed by atoms with van der Waals surface area (Å²) < 4.78 is 37.8. The molecule has 0 radical (unpaired) electrons. The van der Waals surface area contributed by atoms with E-state index in [0.29, 0.717) is 5.69 Å². The summed E-state index contributed by atoms with van der Waals surface area (Å²) in [6.07, 6.45) is 4.33. The summed E-state index contributed by atoms with van der Waals surface area (Å²) in [6.45, 7) is 1.67. The number of nitrogens with one attached hydrogen (secondary N) is 2. The van der Waals surface area contributed by atoms with E-state index < -0.39 is 26.9 Å². The van der Waals surface area contributed by atoms with E-state index in [9.17, 15) is 12.6 Å². The largest absolute Gasteiger partial charge is 0.387 e. The predicted octanol–water partition coefficient (Wildman–Crippen LogP) is 0.169. The highest BCUT2D eigenvalue weighted by Crippen LogP contribution is 2.18. The third-order valence-corrected chi connectivity index (χ3v) is 4.77. The average molecular weight is 291 g/mol. The van der Waals surface area contributed by atoms with Crippen LogP contribution in [0, 0.1) is 0 Å². The van der Waals surface area contributed by atoms with E-state index in [2.05, 4.69) is 15.0 Å². The van der Waals surface area contributed by atoms with Gasteiger partial charge in [0.2, 0.25) is 10.0 Å². The molecule has 1 heterocycles. The number of rotatable bonds is 6. The van der Waals surface area contributed by atoms with Crippen molar-refractivity contribution < 1.29 is 12.6 Å². The Morgan fingerprint density at radius 1 is 1.50 bits per heavy atom. The zero-order valence-corrected chi connectivity index (χ0v) is 12.1. The number of pyridine rings is 1. The smallest absolute Gasteiger partial charge is 0.244 e. The standard InChI is InChI=1S/C10H17N3O3S2/c1-8(7-17(3)14)13-18(15,16)10-6-12-5-4-9(10)11-2/h4-6,8,13H,7H2,1-3H3,(H,11,12). The minimum atomic E-state index is -3.66. The molecule has 102 valence electrons. The van der Waals surface area contributed by atoms with Crippen molar-refractivity contribution >= 4 is 26.5 Å². The van der Waals surface area contributed by atoms with Crippen molar-refractivity contribution in [3.8, 4) is 0 Å². The van der Waals surface area contributed by atoms with Crippen molar-refractivity contribution in [1.82, 2.24) is 9.71 Å². The van der Waals surface area contributed by atoms with E-state index in [1.807, 2.05) is 0 Å². The topological polar surface area (TPSA) is 88.2 Å². The Hall–Kier alpha value is -0.990. The van der Waals surface area contributed by atoms with E-state index >= 15 is 0 Å². The normalized spacial score (nSPS) is 15.1. The minimum absolute atomic E-state index is 0.0845. The van der Waals surface area contributed by atoms with E-state index in [-0.39, 0.29) is 10.6 Å². The molecule has 8 heteroatoms. The third kappa shape index (κ3) is 4.04. The first kappa shape index (κ1) is 15.1. The van der Waals surface area contributed by atoms with Gasteiger partial charge in [-0.25, -0.2) is 13.1 Å². The van der Waals surface area contributed by atoms with E-state index in [4.69, 9.17) is 0 Å². The lowest BCUT2D eigenvalue weighted by Crippen LogP contribution is -2.36. The molecule has 18 heavy (non-hydrogen) atoms. The highest BCUT2D eigenvalue weighted by molar-refractivity contribution is 7.89. The summed E-state index contributed by atoms with van der Waals surface area (Å²) in [4.78, 5) is 3.89. The Labute approximate surface area is 110 Å². The molecule has 0 aliphatic heterocycles. The second-order valence-electron chi connectivity index (χ2n) is 3.88. The van der Waals surface area contributed by atoms with E-state index in [0.717, 1.165) is 0 Å². The van der Waals surface area contributed by atoms with Crippen LogP contribution in [0.25, 0.3) is 0 Å². The molecule has 2 atom stereocenters. The Bertz CT molecular complexity index is 531. The predicted molar refractivity (Wildman–Crippen MR) is 72.5 cm³/mol. The maximum Gasteiger partial charge on any atom is 0.244 e. The van der Waals surface area contributed by atoms with Gasteiger partial charge >= 0.3 is 0 Å². The fourth-order valence-corrected chi connectivity index (χ4v) is 3.81. The maximum atomic E-state index is 12.1. The molecule has 0 aromatic carbocycles. The third-order valence-electron chi connectivity index (χ3n) is 2.18. The number of hydrogen-bond acceptors (Lipinski definition) is 5. The van der Waals surface area contributed by atoms with Gasteiger partial charge in [-0.05, 0) is 13.0 Å². The molecule has 1 aromatic rings. The SMILES string of the molecule is CNc1ccncc1S(=O)(=O)NC(C)CS(C)=O. The van der Waals surface area contributed by atoms with Crippen LogP contribution in [0.4, 0.5) is 5.69 Å². The van der Waals surface area contributed by atoms with Crippen molar-refractivity contribution in [2.45, 2.75) is 17.9 Å². The van der Waals surface area contributed by atoms with Gasteiger partial charge in [0.05, 0.1) is 5.69 Å². The van der Waals surface area contributed by atoms with Crippen molar-refractivity contribution in [3.63, 3.8) is 0 Å². The van der Waals surface area contributed by atoms with Crippen LogP contribution >= 0.6 is 0 Å². The number of sulfonamides is 1. The van der Waals surface area contributed by atoms with Gasteiger partial charge in [0.15, 0.2) is 0 Å². The Balaban J connectivity index is 2.96. The van der Waals surface area contributed by atoms with Gasteiger partial charge in [0.25, 0.3) is 0 Å². The molecule has 0 saturated heterocycles. The van der Waals surface area contributed by atoms with Gasteiger partial charge in [-0.2, -0.15) is 0 Å². The van der Waals surface area contributed by atoms with Crippen LogP contribution in [0.15, 0.2) is 23.4 Å². The highest BCUT2D eigenvalue weighted by atomic mass is 32.2. The highest BCUT2D eigenvalue weighted by Gasteiger charge is 2.21. The lowest BCUT2D eigenvalue weighted by Gasteiger charge is -2.14. The second-order valence-corrected chi connectivity index (χ2v) is 7.05. The Morgan fingerprint density at radius 3 is 2.72 bits per heavy atom. The molecule has 1 rings (SSSR count). The summed E-state index contributed by atoms with van der Waals surface area (Å²) in [6, 6.07) is 1.18. The Morgan fingerprint density at radius 2 is 2.17 bits per heavy atom. The molecule has 0 spiro atoms. The molecular formula is C10H17N3O3S2. The fraction of sp³-hybridized carbons (Fsp3) is 0.500. The molecule has 0 saturated carbocycles. The molecule has 0 amide bonds. The first-order valence-corrected chi connectivity index (χ1v) is 8.52. The zero-order valence-electron chi connectivity index (χ0n) is 10.5. The Kier molecular flexibility index (Phi) is 5.24. The second kappa shape index (κ2) is 6.26. The number of aromatic nitrogens is 1. The summed E-state index contributed by atoms with van der Waals surface area (Å²) in [5.74, 6) is 0.272. The van der Waals surface area contributed by atoms with Gasteiger partial charge in [-0.15, -0.1) is 0 Å². The number of anilines is 1. The zero-order chi connectivity index (χ0) is 13.8. The van der Waals surface area contributed by atoms with Crippen LogP contribution in [0.5, 0.6) is 0 Å². The number of nitrogens with zero attached hydrogens (tertiary/aromatic N) is 1. The van der Waals surface area contributed by atoms with Crippen molar-refractivity contribution in [3.05, 3.63) is 18.5 Å². The molecule has 2 N–H and O–H groups in total. The molecule has 0 aliphatic carbocycles. The van der Waals surface area contributed by atoms with Crippen LogP contribution in [0.3, 0.4) is 0 Å². The van der Waals surface area contributed by atoms with Gasteiger partial charge in [-0.1, -0.05) is 0 Å². The van der Waals surface area contributed by atoms with E-state index in [1.54, 1.807) is 20.0 Å². The molecule has 6 nitrogen and oxygen atoms in total. The maximum absolute atomic E-state index is 12.1. The summed E-state index contributed by atoms with van der Waals surface area (Å²) in [7, 11) is -3.07. The lowest BCUT2D eigenvalue weighted by atomic mass is 10.4. The van der Waals surface area contributed by atoms with Crippen LogP contribution in [0.1, 0.15) is 6.92 Å². The van der Waals surface area contributed by atoms with Crippen LogP contribution in [0.2, 0.25) is 0 Å². The fourth-order valence-electron chi connectivity index (χ4n) is 1.52. The van der Waals surface area contributed by atoms with Crippen molar-refractivity contribution in [1.29, 1.82) is 0 Å². The molecule has 0 bridgehead atoms. The van der Waals surface area contributed by atoms with Gasteiger partial charge in [0.1, 0.15) is 4.90 Å². The van der Waals surface area contributed by atoms with Crippen molar-refractivity contribution in [2.75, 3.05) is 24.4 Å². The van der Waals surface area contributed by atoms with Crippen LogP contribution in [-0.4, -0.2) is 42.7 Å². The molecule has 1 aromatic heterocycles. The van der Waals surface area contributed by atoms with Crippen LogP contribution < -0.4 is 10.0 Å². The summed E-state index contributed by atoms with van der Waals surface area (Å²) >= 11 is 0. The molecule has 0 fully saturated rings. The first-order valence-electron chi connectivity index (χ1n) is 5.31. The first-order chi connectivity index (χ1) is 8.36. The molecular weight excluding hydrogens is 274 g/mol. The average Bonchev–Trinajstić information content (AvgIpc) is 2.27. The summed E-state index contributed by atoms with van der Waals surface area (Å²) in [5, 5.41) is 2.80. The van der Waals surface area contributed by atoms with Gasteiger partial charge < -0.3 is 5.32 Å². The van der Waals surface area contributed by atoms with E-state index in [1.165, 1.54) is 18.6 Å². The number of hydrogen-bond donors (Lipinski definition) is 2. The van der Waals surface area contributed by atoms with Gasteiger partial charge in [0, 0.05) is 48.3 Å². The molecule has 2 unspecified atom stereocenters. The van der Waals surface area contributed by atoms with Gasteiger partial charge in [-0.3, -0.25) is 9.19 Å². The minimum Gasteiger partial charge on any atom is -0.387 e. The molecule has 0 aliphatic rings. The van der Waals surface area contributed by atoms with Crippen molar-refractivity contribution in [2.24, 2.45) is 0 Å². The van der Waals surface area contributed by atoms with Crippen LogP contribution in [-0.2, 0) is 20.8 Å². The lowest BCUT2D eigenvalue weighted by molar-refractivity contribution is 0.570. The summed E-state index contributed by atoms with van der Waals surface area (Å²) in [5.41, 5.74) is 0.474. The monoisotopic (exact) mass is 291 g/mol. The quantitative estimate of drug-likeness (QED) is 0.780.